The van der Waals surface area contributed by atoms with Crippen LogP contribution in [0.3, 0.4) is 0 Å². The summed E-state index contributed by atoms with van der Waals surface area (Å²) in [5.74, 6) is -0.140. The van der Waals surface area contributed by atoms with Crippen molar-refractivity contribution in [3.63, 3.8) is 0 Å². The lowest BCUT2D eigenvalue weighted by molar-refractivity contribution is 0.0953. The highest BCUT2D eigenvalue weighted by atomic mass is 32.2. The van der Waals surface area contributed by atoms with Gasteiger partial charge >= 0.3 is 0 Å². The molecule has 2 aliphatic rings. The highest BCUT2D eigenvalue weighted by Gasteiger charge is 2.22. The van der Waals surface area contributed by atoms with E-state index in [1.54, 1.807) is 11.8 Å². The molecule has 4 rings (SSSR count). The third-order valence-corrected chi connectivity index (χ3v) is 5.08. The molecule has 0 fully saturated rings. The molecule has 0 saturated heterocycles. The Kier molecular flexibility index (Phi) is 3.78. The van der Waals surface area contributed by atoms with Gasteiger partial charge in [-0.15, -0.1) is 0 Å². The molecule has 0 radical (unpaired) electrons. The number of carbonyl (C=O) groups is 1. The Balaban J connectivity index is 1.32. The zero-order chi connectivity index (χ0) is 15.6. The quantitative estimate of drug-likeness (QED) is 0.900. The van der Waals surface area contributed by atoms with Crippen LogP contribution in [-0.4, -0.2) is 27.3 Å². The average Bonchev–Trinajstić information content (AvgIpc) is 3.29. The van der Waals surface area contributed by atoms with Crippen molar-refractivity contribution in [2.24, 2.45) is 5.10 Å². The van der Waals surface area contributed by atoms with Crippen molar-refractivity contribution in [3.05, 3.63) is 53.3 Å². The first kappa shape index (κ1) is 14.3. The Morgan fingerprint density at radius 2 is 2.26 bits per heavy atom. The van der Waals surface area contributed by atoms with E-state index in [4.69, 9.17) is 0 Å². The predicted molar refractivity (Wildman–Crippen MR) is 90.2 cm³/mol. The first-order valence-electron chi connectivity index (χ1n) is 7.68. The Bertz CT molecular complexity index is 734. The van der Waals surface area contributed by atoms with E-state index in [0.717, 1.165) is 30.1 Å². The van der Waals surface area contributed by atoms with Gasteiger partial charge in [0.05, 0.1) is 6.54 Å². The molecule has 1 aromatic carbocycles. The minimum absolute atomic E-state index is 0.111. The number of carbonyl (C=O) groups excluding carboxylic acids is 1. The van der Waals surface area contributed by atoms with Gasteiger partial charge in [0.15, 0.2) is 0 Å². The van der Waals surface area contributed by atoms with Crippen LogP contribution in [0.25, 0.3) is 0 Å². The minimum atomic E-state index is -0.140. The average molecular weight is 327 g/mol. The largest absolute Gasteiger partial charge is 0.344 e. The summed E-state index contributed by atoms with van der Waals surface area (Å²) in [5.41, 5.74) is 5.91. The molecule has 1 amide bonds. The fourth-order valence-electron chi connectivity index (χ4n) is 2.79. The third kappa shape index (κ3) is 2.96. The molecule has 23 heavy (non-hydrogen) atoms. The van der Waals surface area contributed by atoms with Gasteiger partial charge in [-0.25, -0.2) is 0 Å². The number of nitrogens with zero attached hydrogens (tertiary/aromatic N) is 3. The summed E-state index contributed by atoms with van der Waals surface area (Å²) in [6, 6.07) is 12.0. The van der Waals surface area contributed by atoms with Crippen LogP contribution in [0.15, 0.2) is 41.5 Å². The van der Waals surface area contributed by atoms with E-state index in [1.807, 2.05) is 28.9 Å². The Morgan fingerprint density at radius 1 is 1.39 bits per heavy atom. The first-order valence-corrected chi connectivity index (χ1v) is 8.56. The molecule has 0 aliphatic carbocycles. The predicted octanol–water partition coefficient (Wildman–Crippen LogP) is 1.91. The van der Waals surface area contributed by atoms with E-state index >= 15 is 0 Å². The van der Waals surface area contributed by atoms with Gasteiger partial charge in [0.1, 0.15) is 16.1 Å². The second-order valence-corrected chi connectivity index (χ2v) is 6.75. The molecule has 0 spiro atoms. The number of fused-ring (bicyclic) bond motifs is 1. The van der Waals surface area contributed by atoms with Crippen molar-refractivity contribution in [2.75, 3.05) is 6.54 Å². The van der Waals surface area contributed by atoms with E-state index in [0.29, 0.717) is 12.2 Å². The maximum absolute atomic E-state index is 12.2. The third-order valence-electron chi connectivity index (χ3n) is 3.96. The standard InChI is InChI=1S/C16H17N5OS/c22-15(13-9-12-7-4-8-21(12)20-13)17-10-14-18-19-16(23-14)11-5-2-1-3-6-11/h1-3,5-6,9,16,19H,4,7-8,10H2,(H,17,22). The van der Waals surface area contributed by atoms with Crippen molar-refractivity contribution >= 4 is 22.7 Å². The summed E-state index contributed by atoms with van der Waals surface area (Å²) >= 11 is 1.62. The smallest absolute Gasteiger partial charge is 0.272 e. The SMILES string of the molecule is O=C(NCC1=NNC(c2ccccc2)S1)c1cc2n(n1)CCC2. The number of hydrogen-bond acceptors (Lipinski definition) is 5. The maximum Gasteiger partial charge on any atom is 0.272 e. The highest BCUT2D eigenvalue weighted by Crippen LogP contribution is 2.31. The van der Waals surface area contributed by atoms with Crippen molar-refractivity contribution in [2.45, 2.75) is 24.8 Å². The summed E-state index contributed by atoms with van der Waals surface area (Å²) in [5, 5.41) is 12.5. The fourth-order valence-corrected chi connectivity index (χ4v) is 3.72. The number of aryl methyl sites for hydroxylation is 2. The van der Waals surface area contributed by atoms with Crippen LogP contribution in [0, 0.1) is 0 Å². The molecule has 7 heteroatoms. The van der Waals surface area contributed by atoms with Gasteiger partial charge in [0.2, 0.25) is 0 Å². The number of thioether (sulfide) groups is 1. The minimum Gasteiger partial charge on any atom is -0.344 e. The van der Waals surface area contributed by atoms with Crippen LogP contribution in [0.4, 0.5) is 0 Å². The van der Waals surface area contributed by atoms with Gasteiger partial charge in [0, 0.05) is 12.2 Å². The summed E-state index contributed by atoms with van der Waals surface area (Å²) in [6.07, 6.45) is 2.12. The second-order valence-electron chi connectivity index (χ2n) is 5.57. The van der Waals surface area contributed by atoms with Crippen LogP contribution in [0.5, 0.6) is 0 Å². The molecule has 0 bridgehead atoms. The summed E-state index contributed by atoms with van der Waals surface area (Å²) in [6.45, 7) is 1.33. The van der Waals surface area contributed by atoms with Gasteiger partial charge in [0.25, 0.3) is 5.91 Å². The maximum atomic E-state index is 12.2. The number of hydrazone groups is 1. The van der Waals surface area contributed by atoms with E-state index in [-0.39, 0.29) is 11.3 Å². The molecule has 0 saturated carbocycles. The molecule has 118 valence electrons. The molecule has 3 heterocycles. The van der Waals surface area contributed by atoms with Gasteiger partial charge in [-0.05, 0) is 24.5 Å². The van der Waals surface area contributed by atoms with Gasteiger partial charge in [-0.2, -0.15) is 10.2 Å². The molecular formula is C16H17N5OS. The Labute approximate surface area is 138 Å². The Morgan fingerprint density at radius 3 is 3.09 bits per heavy atom. The summed E-state index contributed by atoms with van der Waals surface area (Å²) in [7, 11) is 0. The molecule has 6 nitrogen and oxygen atoms in total. The van der Waals surface area contributed by atoms with Crippen LogP contribution >= 0.6 is 11.8 Å². The first-order chi connectivity index (χ1) is 11.3. The van der Waals surface area contributed by atoms with Crippen molar-refractivity contribution < 1.29 is 4.79 Å². The molecule has 2 aromatic rings. The lowest BCUT2D eigenvalue weighted by Crippen LogP contribution is -2.28. The molecule has 1 unspecified atom stereocenters. The molecule has 2 aliphatic heterocycles. The summed E-state index contributed by atoms with van der Waals surface area (Å²) < 4.78 is 1.92. The molecule has 1 atom stereocenters. The van der Waals surface area contributed by atoms with Crippen LogP contribution in [-0.2, 0) is 13.0 Å². The number of hydrogen-bond donors (Lipinski definition) is 2. The van der Waals surface area contributed by atoms with Crippen LogP contribution in [0.2, 0.25) is 0 Å². The number of nitrogens with one attached hydrogen (secondary N) is 2. The van der Waals surface area contributed by atoms with E-state index in [2.05, 4.69) is 33.1 Å². The van der Waals surface area contributed by atoms with Crippen LogP contribution in [0.1, 0.15) is 33.5 Å². The fraction of sp³-hybridized carbons (Fsp3) is 0.312. The zero-order valence-corrected chi connectivity index (χ0v) is 13.3. The van der Waals surface area contributed by atoms with Gasteiger partial charge in [-0.3, -0.25) is 14.9 Å². The van der Waals surface area contributed by atoms with E-state index in [1.165, 1.54) is 5.56 Å². The lowest BCUT2D eigenvalue weighted by atomic mass is 10.2. The number of amides is 1. The highest BCUT2D eigenvalue weighted by molar-refractivity contribution is 8.14. The number of aromatic nitrogens is 2. The van der Waals surface area contributed by atoms with E-state index < -0.39 is 0 Å². The van der Waals surface area contributed by atoms with Crippen molar-refractivity contribution in [3.8, 4) is 0 Å². The Hall–Kier alpha value is -2.28. The number of rotatable bonds is 4. The monoisotopic (exact) mass is 327 g/mol. The normalized spacial score (nSPS) is 19.1. The molecule has 1 aromatic heterocycles. The zero-order valence-electron chi connectivity index (χ0n) is 12.5. The van der Waals surface area contributed by atoms with Gasteiger partial charge in [-0.1, -0.05) is 42.1 Å². The topological polar surface area (TPSA) is 71.3 Å². The van der Waals surface area contributed by atoms with E-state index in [9.17, 15) is 4.79 Å². The van der Waals surface area contributed by atoms with Crippen LogP contribution < -0.4 is 10.7 Å². The van der Waals surface area contributed by atoms with Gasteiger partial charge < -0.3 is 5.32 Å². The number of benzene rings is 1. The molecule has 2 N–H and O–H groups in total. The van der Waals surface area contributed by atoms with Crippen molar-refractivity contribution in [1.82, 2.24) is 20.5 Å². The van der Waals surface area contributed by atoms with Crippen molar-refractivity contribution in [1.29, 1.82) is 0 Å². The lowest BCUT2D eigenvalue weighted by Gasteiger charge is -2.08. The second kappa shape index (κ2) is 6.08. The molecular weight excluding hydrogens is 310 g/mol. The summed E-state index contributed by atoms with van der Waals surface area (Å²) in [4.78, 5) is 12.2.